The highest BCUT2D eigenvalue weighted by atomic mass is 32.2. The van der Waals surface area contributed by atoms with E-state index in [1.54, 1.807) is 42.5 Å². The van der Waals surface area contributed by atoms with Gasteiger partial charge in [-0.2, -0.15) is 0 Å². The predicted octanol–water partition coefficient (Wildman–Crippen LogP) is 5.35. The number of phenolic OH excluding ortho intramolecular Hbond substituents is 2. The Morgan fingerprint density at radius 2 is 1.62 bits per heavy atom. The maximum atomic E-state index is 13.6. The van der Waals surface area contributed by atoms with E-state index in [9.17, 15) is 19.6 Å². The van der Waals surface area contributed by atoms with Crippen molar-refractivity contribution in [2.75, 3.05) is 26.2 Å². The zero-order valence-corrected chi connectivity index (χ0v) is 19.4. The number of fused-ring (bicyclic) bond motifs is 1. The van der Waals surface area contributed by atoms with E-state index in [0.29, 0.717) is 44.0 Å². The molecule has 34 heavy (non-hydrogen) atoms. The highest BCUT2D eigenvalue weighted by Gasteiger charge is 2.29. The van der Waals surface area contributed by atoms with Gasteiger partial charge in [0.1, 0.15) is 23.9 Å². The SMILES string of the molecule is O=C(c1ccc(OCCN2CCCC2)cc1)c1c(-c2ccc(O)cc2)[s+]([O-])c2cc(O)ccc12. The lowest BCUT2D eigenvalue weighted by Gasteiger charge is -2.15. The standard InChI is InChI=1S/C27H25NO5S/c29-20-7-3-19(4-8-20)27-25(23-12-9-21(30)17-24(23)34(27)32)26(31)18-5-10-22(11-6-18)33-16-15-28-13-1-2-14-28/h3-12,17,29-30H,1-2,13-16H2. The van der Waals surface area contributed by atoms with Gasteiger partial charge in [-0.15, -0.1) is 0 Å². The number of thiophene rings is 1. The second-order valence-electron chi connectivity index (χ2n) is 8.45. The topological polar surface area (TPSA) is 93.1 Å². The minimum absolute atomic E-state index is 0.0127. The van der Waals surface area contributed by atoms with E-state index >= 15 is 0 Å². The van der Waals surface area contributed by atoms with Gasteiger partial charge in [-0.3, -0.25) is 9.69 Å². The Morgan fingerprint density at radius 3 is 2.32 bits per heavy atom. The molecule has 1 atom stereocenters. The summed E-state index contributed by atoms with van der Waals surface area (Å²) in [4.78, 5) is 16.4. The number of rotatable bonds is 7. The van der Waals surface area contributed by atoms with Crippen molar-refractivity contribution in [2.24, 2.45) is 0 Å². The van der Waals surface area contributed by atoms with E-state index in [4.69, 9.17) is 4.74 Å². The zero-order valence-electron chi connectivity index (χ0n) is 18.6. The second-order valence-corrected chi connectivity index (χ2v) is 9.84. The van der Waals surface area contributed by atoms with Crippen LogP contribution >= 0.6 is 10.8 Å². The molecule has 0 radical (unpaired) electrons. The van der Waals surface area contributed by atoms with Crippen molar-refractivity contribution in [3.8, 4) is 27.7 Å². The van der Waals surface area contributed by atoms with Gasteiger partial charge in [-0.25, -0.2) is 0 Å². The van der Waals surface area contributed by atoms with Crippen LogP contribution in [0.5, 0.6) is 17.2 Å². The van der Waals surface area contributed by atoms with Gasteiger partial charge in [-0.05, 0) is 97.3 Å². The molecule has 2 N–H and O–H groups in total. The number of aromatic hydroxyl groups is 2. The molecule has 1 aliphatic rings. The molecule has 3 aromatic carbocycles. The Labute approximate surface area is 200 Å². The number of ketones is 1. The molecule has 1 aliphatic heterocycles. The Bertz CT molecular complexity index is 1320. The Morgan fingerprint density at radius 1 is 0.941 bits per heavy atom. The van der Waals surface area contributed by atoms with E-state index < -0.39 is 10.8 Å². The van der Waals surface area contributed by atoms with Crippen LogP contribution in [0.2, 0.25) is 0 Å². The molecule has 4 aromatic rings. The maximum Gasteiger partial charge on any atom is 0.199 e. The first-order valence-corrected chi connectivity index (χ1v) is 12.4. The minimum atomic E-state index is -1.65. The molecular weight excluding hydrogens is 450 g/mol. The normalized spacial score (nSPS) is 14.6. The van der Waals surface area contributed by atoms with Gasteiger partial charge in [0, 0.05) is 23.7 Å². The molecule has 2 heterocycles. The lowest BCUT2D eigenvalue weighted by Crippen LogP contribution is -2.25. The van der Waals surface area contributed by atoms with Crippen LogP contribution in [0, 0.1) is 0 Å². The fraction of sp³-hybridized carbons (Fsp3) is 0.222. The van der Waals surface area contributed by atoms with E-state index in [1.807, 2.05) is 0 Å². The number of hydrogen-bond donors (Lipinski definition) is 2. The third kappa shape index (κ3) is 4.37. The molecule has 0 bridgehead atoms. The quantitative estimate of drug-likeness (QED) is 0.276. The monoisotopic (exact) mass is 475 g/mol. The van der Waals surface area contributed by atoms with Crippen LogP contribution in [0.3, 0.4) is 0 Å². The van der Waals surface area contributed by atoms with Crippen LogP contribution in [0.25, 0.3) is 20.5 Å². The summed E-state index contributed by atoms with van der Waals surface area (Å²) in [7, 11) is -1.65. The summed E-state index contributed by atoms with van der Waals surface area (Å²) in [6.45, 7) is 3.73. The number of phenols is 2. The molecule has 1 aromatic heterocycles. The molecule has 1 unspecified atom stereocenters. The molecule has 6 nitrogen and oxygen atoms in total. The van der Waals surface area contributed by atoms with Gasteiger partial charge in [0.15, 0.2) is 15.4 Å². The number of carbonyl (C=O) groups is 1. The minimum Gasteiger partial charge on any atom is -0.590 e. The molecule has 174 valence electrons. The van der Waals surface area contributed by atoms with E-state index in [-0.39, 0.29) is 17.3 Å². The van der Waals surface area contributed by atoms with Gasteiger partial charge < -0.3 is 19.5 Å². The third-order valence-electron chi connectivity index (χ3n) is 6.19. The molecule has 5 rings (SSSR count). The molecule has 0 amide bonds. The van der Waals surface area contributed by atoms with Gasteiger partial charge in [0.25, 0.3) is 0 Å². The number of benzene rings is 3. The average Bonchev–Trinajstić information content (AvgIpc) is 3.46. The first-order valence-electron chi connectivity index (χ1n) is 11.3. The van der Waals surface area contributed by atoms with Crippen LogP contribution in [0.15, 0.2) is 66.7 Å². The predicted molar refractivity (Wildman–Crippen MR) is 132 cm³/mol. The van der Waals surface area contributed by atoms with E-state index in [2.05, 4.69) is 4.90 Å². The van der Waals surface area contributed by atoms with Crippen molar-refractivity contribution >= 4 is 26.6 Å². The molecule has 0 spiro atoms. The summed E-state index contributed by atoms with van der Waals surface area (Å²) in [6.07, 6.45) is 2.48. The van der Waals surface area contributed by atoms with Crippen molar-refractivity contribution in [2.45, 2.75) is 12.8 Å². The maximum absolute atomic E-state index is 13.6. The largest absolute Gasteiger partial charge is 0.590 e. The van der Waals surface area contributed by atoms with Gasteiger partial charge >= 0.3 is 0 Å². The van der Waals surface area contributed by atoms with Crippen LogP contribution < -0.4 is 4.74 Å². The van der Waals surface area contributed by atoms with Crippen LogP contribution in [0.1, 0.15) is 28.8 Å². The molecule has 7 heteroatoms. The summed E-state index contributed by atoms with van der Waals surface area (Å²) in [6, 6.07) is 17.8. The second kappa shape index (κ2) is 9.46. The van der Waals surface area contributed by atoms with Crippen LogP contribution in [0.4, 0.5) is 0 Å². The molecule has 1 fully saturated rings. The molecule has 1 saturated heterocycles. The Kier molecular flexibility index (Phi) is 6.24. The fourth-order valence-electron chi connectivity index (χ4n) is 4.43. The number of ether oxygens (including phenoxy) is 1. The Balaban J connectivity index is 1.46. The highest BCUT2D eigenvalue weighted by Crippen LogP contribution is 2.46. The number of nitrogens with zero attached hydrogens (tertiary/aromatic N) is 1. The first-order chi connectivity index (χ1) is 16.5. The number of hydrogen-bond acceptors (Lipinski definition) is 6. The summed E-state index contributed by atoms with van der Waals surface area (Å²) >= 11 is 0. The lowest BCUT2D eigenvalue weighted by molar-refractivity contribution is 0.104. The first kappa shape index (κ1) is 22.4. The lowest BCUT2D eigenvalue weighted by atomic mass is 9.97. The third-order valence-corrected chi connectivity index (χ3v) is 7.74. The van der Waals surface area contributed by atoms with Gasteiger partial charge in [0.2, 0.25) is 0 Å². The molecule has 0 aliphatic carbocycles. The highest BCUT2D eigenvalue weighted by molar-refractivity contribution is 7.35. The fourth-order valence-corrected chi connectivity index (χ4v) is 5.99. The summed E-state index contributed by atoms with van der Waals surface area (Å²) in [5.41, 5.74) is 1.37. The molecular formula is C27H25NO5S. The number of likely N-dealkylation sites (tertiary alicyclic amines) is 1. The summed E-state index contributed by atoms with van der Waals surface area (Å²) in [5, 5.41) is 20.1. The average molecular weight is 476 g/mol. The zero-order chi connectivity index (χ0) is 23.7. The van der Waals surface area contributed by atoms with Gasteiger partial charge in [-0.1, -0.05) is 0 Å². The van der Waals surface area contributed by atoms with Crippen molar-refractivity contribution in [1.29, 1.82) is 0 Å². The summed E-state index contributed by atoms with van der Waals surface area (Å²) in [5.74, 6) is 0.506. The smallest absolute Gasteiger partial charge is 0.199 e. The van der Waals surface area contributed by atoms with E-state index in [1.165, 1.54) is 37.1 Å². The van der Waals surface area contributed by atoms with Crippen molar-refractivity contribution in [1.82, 2.24) is 4.90 Å². The van der Waals surface area contributed by atoms with E-state index in [0.717, 1.165) is 19.6 Å². The van der Waals surface area contributed by atoms with Crippen LogP contribution in [-0.4, -0.2) is 51.7 Å². The molecule has 0 saturated carbocycles. The van der Waals surface area contributed by atoms with Gasteiger partial charge in [0.05, 0.1) is 10.9 Å². The van der Waals surface area contributed by atoms with Crippen molar-refractivity contribution in [3.05, 3.63) is 77.9 Å². The number of carbonyl (C=O) groups excluding carboxylic acids is 1. The Hall–Kier alpha value is -3.39. The van der Waals surface area contributed by atoms with Crippen molar-refractivity contribution < 1.29 is 24.3 Å². The van der Waals surface area contributed by atoms with Crippen molar-refractivity contribution in [3.63, 3.8) is 0 Å². The summed E-state index contributed by atoms with van der Waals surface area (Å²) < 4.78 is 19.6. The van der Waals surface area contributed by atoms with Crippen LogP contribution in [-0.2, 0) is 0 Å².